The number of halogens is 3. The normalized spacial score (nSPS) is 16.6. The van der Waals surface area contributed by atoms with Crippen LogP contribution < -0.4 is 10.6 Å². The molecule has 154 valence electrons. The van der Waals surface area contributed by atoms with Crippen molar-refractivity contribution < 1.29 is 14.0 Å². The van der Waals surface area contributed by atoms with Gasteiger partial charge in [-0.05, 0) is 61.7 Å². The molecule has 0 radical (unpaired) electrons. The van der Waals surface area contributed by atoms with E-state index in [1.54, 1.807) is 30.3 Å². The van der Waals surface area contributed by atoms with Gasteiger partial charge in [-0.25, -0.2) is 4.39 Å². The number of likely N-dealkylation sites (tertiary alicyclic amines) is 1. The number of carbonyl (C=O) groups is 2. The third kappa shape index (κ3) is 6.16. The summed E-state index contributed by atoms with van der Waals surface area (Å²) in [7, 11) is 0. The molecule has 2 aromatic rings. The van der Waals surface area contributed by atoms with Gasteiger partial charge in [0.05, 0.1) is 23.3 Å². The lowest BCUT2D eigenvalue weighted by molar-refractivity contribution is -0.124. The molecule has 0 bridgehead atoms. The van der Waals surface area contributed by atoms with Crippen LogP contribution in [0.1, 0.15) is 18.4 Å². The maximum absolute atomic E-state index is 12.9. The lowest BCUT2D eigenvalue weighted by Crippen LogP contribution is -2.45. The summed E-state index contributed by atoms with van der Waals surface area (Å²) in [4.78, 5) is 26.8. The highest BCUT2D eigenvalue weighted by molar-refractivity contribution is 6.35. The zero-order chi connectivity index (χ0) is 20.8. The summed E-state index contributed by atoms with van der Waals surface area (Å²) in [5.41, 5.74) is 1.41. The number of carbonyl (C=O) groups excluding carboxylic acids is 2. The fraction of sp³-hybridized carbons (Fsp3) is 0.333. The van der Waals surface area contributed by atoms with Crippen molar-refractivity contribution in [2.45, 2.75) is 25.3 Å². The summed E-state index contributed by atoms with van der Waals surface area (Å²) in [6.07, 6.45) is 2.13. The van der Waals surface area contributed by atoms with E-state index in [9.17, 15) is 14.0 Å². The highest BCUT2D eigenvalue weighted by Crippen LogP contribution is 2.27. The summed E-state index contributed by atoms with van der Waals surface area (Å²) in [6.45, 7) is 1.27. The molecule has 0 saturated carbocycles. The van der Waals surface area contributed by atoms with Gasteiger partial charge >= 0.3 is 0 Å². The van der Waals surface area contributed by atoms with Crippen LogP contribution in [0.25, 0.3) is 0 Å². The fourth-order valence-electron chi connectivity index (χ4n) is 3.36. The average Bonchev–Trinajstić information content (AvgIpc) is 3.14. The minimum absolute atomic E-state index is 0.144. The number of nitrogens with one attached hydrogen (secondary N) is 2. The van der Waals surface area contributed by atoms with Gasteiger partial charge in [-0.2, -0.15) is 0 Å². The molecule has 1 saturated heterocycles. The van der Waals surface area contributed by atoms with Gasteiger partial charge in [-0.15, -0.1) is 0 Å². The molecule has 2 amide bonds. The predicted molar refractivity (Wildman–Crippen MR) is 113 cm³/mol. The van der Waals surface area contributed by atoms with Crippen molar-refractivity contribution in [2.75, 3.05) is 25.0 Å². The van der Waals surface area contributed by atoms with E-state index in [0.717, 1.165) is 12.0 Å². The maximum atomic E-state index is 12.9. The zero-order valence-electron chi connectivity index (χ0n) is 15.8. The summed E-state index contributed by atoms with van der Waals surface area (Å²) in [5.74, 6) is -0.631. The molecule has 5 nitrogen and oxygen atoms in total. The lowest BCUT2D eigenvalue weighted by atomic mass is 10.1. The van der Waals surface area contributed by atoms with E-state index in [1.165, 1.54) is 12.1 Å². The van der Waals surface area contributed by atoms with Crippen molar-refractivity contribution in [1.29, 1.82) is 0 Å². The van der Waals surface area contributed by atoms with Gasteiger partial charge in [-0.1, -0.05) is 35.3 Å². The first kappa shape index (κ1) is 21.6. The Hall–Kier alpha value is -2.15. The van der Waals surface area contributed by atoms with Gasteiger partial charge in [0.25, 0.3) is 0 Å². The SMILES string of the molecule is O=C(CN1CCCC1C(=O)Nc1cc(Cl)ccc1Cl)NCCc1ccc(F)cc1. The minimum Gasteiger partial charge on any atom is -0.355 e. The van der Waals surface area contributed by atoms with E-state index in [0.29, 0.717) is 41.7 Å². The molecule has 2 aromatic carbocycles. The molecule has 0 spiro atoms. The first-order chi connectivity index (χ1) is 13.9. The predicted octanol–water partition coefficient (Wildman–Crippen LogP) is 3.89. The Morgan fingerprint density at radius 1 is 1.14 bits per heavy atom. The first-order valence-corrected chi connectivity index (χ1v) is 10.2. The van der Waals surface area contributed by atoms with Crippen molar-refractivity contribution in [3.8, 4) is 0 Å². The van der Waals surface area contributed by atoms with Crippen LogP contribution in [-0.2, 0) is 16.0 Å². The lowest BCUT2D eigenvalue weighted by Gasteiger charge is -2.23. The van der Waals surface area contributed by atoms with Crippen LogP contribution in [0.2, 0.25) is 10.0 Å². The molecule has 1 aliphatic rings. The third-order valence-corrected chi connectivity index (χ3v) is 5.41. The monoisotopic (exact) mass is 437 g/mol. The van der Waals surface area contributed by atoms with Crippen LogP contribution in [0.5, 0.6) is 0 Å². The molecule has 29 heavy (non-hydrogen) atoms. The van der Waals surface area contributed by atoms with Gasteiger partial charge in [0.1, 0.15) is 5.82 Å². The molecular weight excluding hydrogens is 416 g/mol. The topological polar surface area (TPSA) is 61.4 Å². The quantitative estimate of drug-likeness (QED) is 0.690. The Balaban J connectivity index is 1.49. The Bertz CT molecular complexity index is 877. The van der Waals surface area contributed by atoms with Crippen LogP contribution in [-0.4, -0.2) is 42.4 Å². The second kappa shape index (κ2) is 10.1. The second-order valence-corrected chi connectivity index (χ2v) is 7.81. The number of hydrogen-bond donors (Lipinski definition) is 2. The summed E-state index contributed by atoms with van der Waals surface area (Å²) < 4.78 is 12.9. The molecule has 0 aliphatic carbocycles. The van der Waals surface area contributed by atoms with E-state index in [2.05, 4.69) is 10.6 Å². The molecule has 0 aromatic heterocycles. The Kier molecular flexibility index (Phi) is 7.47. The van der Waals surface area contributed by atoms with Gasteiger partial charge in [0, 0.05) is 11.6 Å². The van der Waals surface area contributed by atoms with Crippen molar-refractivity contribution in [2.24, 2.45) is 0 Å². The highest BCUT2D eigenvalue weighted by atomic mass is 35.5. The van der Waals surface area contributed by atoms with Crippen molar-refractivity contribution in [1.82, 2.24) is 10.2 Å². The largest absolute Gasteiger partial charge is 0.355 e. The molecule has 1 heterocycles. The van der Waals surface area contributed by atoms with Crippen molar-refractivity contribution in [3.63, 3.8) is 0 Å². The van der Waals surface area contributed by atoms with Gasteiger partial charge in [0.2, 0.25) is 11.8 Å². The van der Waals surface area contributed by atoms with Crippen LogP contribution >= 0.6 is 23.2 Å². The number of benzene rings is 2. The molecular formula is C21H22Cl2FN3O2. The van der Waals surface area contributed by atoms with Gasteiger partial charge < -0.3 is 10.6 Å². The van der Waals surface area contributed by atoms with Crippen molar-refractivity contribution in [3.05, 3.63) is 63.9 Å². The van der Waals surface area contributed by atoms with Crippen LogP contribution in [0.15, 0.2) is 42.5 Å². The summed E-state index contributed by atoms with van der Waals surface area (Å²) in [6, 6.07) is 10.7. The minimum atomic E-state index is -0.395. The van der Waals surface area contributed by atoms with Gasteiger partial charge in [0.15, 0.2) is 0 Å². The summed E-state index contributed by atoms with van der Waals surface area (Å²) in [5, 5.41) is 6.55. The Morgan fingerprint density at radius 3 is 2.66 bits per heavy atom. The molecule has 1 atom stereocenters. The Labute approximate surface area is 179 Å². The number of anilines is 1. The molecule has 1 aliphatic heterocycles. The molecule has 1 fully saturated rings. The Morgan fingerprint density at radius 2 is 1.90 bits per heavy atom. The molecule has 1 unspecified atom stereocenters. The first-order valence-electron chi connectivity index (χ1n) is 9.43. The average molecular weight is 438 g/mol. The number of hydrogen-bond acceptors (Lipinski definition) is 3. The highest BCUT2D eigenvalue weighted by Gasteiger charge is 2.32. The maximum Gasteiger partial charge on any atom is 0.241 e. The second-order valence-electron chi connectivity index (χ2n) is 6.97. The number of amides is 2. The van der Waals surface area contributed by atoms with Crippen LogP contribution in [0.4, 0.5) is 10.1 Å². The van der Waals surface area contributed by atoms with Crippen LogP contribution in [0, 0.1) is 5.82 Å². The zero-order valence-corrected chi connectivity index (χ0v) is 17.3. The number of rotatable bonds is 7. The van der Waals surface area contributed by atoms with E-state index in [-0.39, 0.29) is 24.2 Å². The molecule has 3 rings (SSSR count). The fourth-order valence-corrected chi connectivity index (χ4v) is 3.70. The van der Waals surface area contributed by atoms with E-state index < -0.39 is 6.04 Å². The standard InChI is InChI=1S/C21H22Cl2FN3O2/c22-15-5-8-17(23)18(12-15)26-21(29)19-2-1-11-27(19)13-20(28)25-10-9-14-3-6-16(24)7-4-14/h3-8,12,19H,1-2,9-11,13H2,(H,25,28)(H,26,29). The van der Waals surface area contributed by atoms with E-state index >= 15 is 0 Å². The van der Waals surface area contributed by atoms with Crippen LogP contribution in [0.3, 0.4) is 0 Å². The number of nitrogens with zero attached hydrogens (tertiary/aromatic N) is 1. The third-order valence-electron chi connectivity index (χ3n) is 4.85. The molecule has 2 N–H and O–H groups in total. The van der Waals surface area contributed by atoms with Gasteiger partial charge in [-0.3, -0.25) is 14.5 Å². The van der Waals surface area contributed by atoms with E-state index in [4.69, 9.17) is 23.2 Å². The summed E-state index contributed by atoms with van der Waals surface area (Å²) >= 11 is 12.1. The molecule has 8 heteroatoms. The van der Waals surface area contributed by atoms with Crippen molar-refractivity contribution >= 4 is 40.7 Å². The van der Waals surface area contributed by atoms with E-state index in [1.807, 2.05) is 4.90 Å². The smallest absolute Gasteiger partial charge is 0.241 e.